The van der Waals surface area contributed by atoms with Gasteiger partial charge in [-0.25, -0.2) is 0 Å². The number of rotatable bonds is 7. The van der Waals surface area contributed by atoms with Crippen molar-refractivity contribution < 1.29 is 0 Å². The van der Waals surface area contributed by atoms with E-state index in [-0.39, 0.29) is 0 Å². The maximum absolute atomic E-state index is 4.20. The minimum atomic E-state index is 0.700. The molecule has 73 valence electrons. The predicted octanol–water partition coefficient (Wildman–Crippen LogP) is 4.45. The van der Waals surface area contributed by atoms with Crippen molar-refractivity contribution in [1.29, 1.82) is 0 Å². The van der Waals surface area contributed by atoms with Crippen LogP contribution in [0.3, 0.4) is 0 Å². The third-order valence-electron chi connectivity index (χ3n) is 2.65. The Labute approximate surface area is 78.8 Å². The van der Waals surface area contributed by atoms with E-state index in [4.69, 9.17) is 0 Å². The summed E-state index contributed by atoms with van der Waals surface area (Å²) in [7, 11) is 0. The van der Waals surface area contributed by atoms with Crippen molar-refractivity contribution in [3.8, 4) is 0 Å². The molecule has 0 rings (SSSR count). The molecule has 0 aliphatic carbocycles. The van der Waals surface area contributed by atoms with Crippen molar-refractivity contribution in [2.45, 2.75) is 59.3 Å². The van der Waals surface area contributed by atoms with Crippen molar-refractivity contribution in [2.24, 2.45) is 11.8 Å². The van der Waals surface area contributed by atoms with Crippen LogP contribution in [0.5, 0.6) is 0 Å². The minimum Gasteiger partial charge on any atom is -0.0654 e. The Morgan fingerprint density at radius 3 is 2.33 bits per heavy atom. The van der Waals surface area contributed by atoms with Crippen LogP contribution >= 0.6 is 0 Å². The van der Waals surface area contributed by atoms with Crippen LogP contribution in [-0.4, -0.2) is 0 Å². The standard InChI is InChI=1S/C12H25/c1-5-7-8-9-12(4)10-11(3)6-2/h11-12H,4-10H2,1-3H3. The van der Waals surface area contributed by atoms with Gasteiger partial charge in [0.1, 0.15) is 0 Å². The van der Waals surface area contributed by atoms with Crippen LogP contribution in [0.4, 0.5) is 0 Å². The van der Waals surface area contributed by atoms with Crippen LogP contribution < -0.4 is 0 Å². The third-order valence-corrected chi connectivity index (χ3v) is 2.65. The zero-order chi connectivity index (χ0) is 9.40. The number of hydrogen-bond acceptors (Lipinski definition) is 0. The van der Waals surface area contributed by atoms with E-state index in [2.05, 4.69) is 27.7 Å². The Morgan fingerprint density at radius 2 is 1.83 bits per heavy atom. The molecule has 0 aliphatic rings. The van der Waals surface area contributed by atoms with Gasteiger partial charge in [0.05, 0.1) is 0 Å². The van der Waals surface area contributed by atoms with Gasteiger partial charge in [0.25, 0.3) is 0 Å². The van der Waals surface area contributed by atoms with Gasteiger partial charge in [0.15, 0.2) is 0 Å². The van der Waals surface area contributed by atoms with Crippen molar-refractivity contribution in [3.05, 3.63) is 6.92 Å². The molecule has 0 fully saturated rings. The lowest BCUT2D eigenvalue weighted by atomic mass is 9.91. The van der Waals surface area contributed by atoms with Gasteiger partial charge in [0, 0.05) is 0 Å². The second kappa shape index (κ2) is 7.64. The van der Waals surface area contributed by atoms with E-state index in [9.17, 15) is 0 Å². The zero-order valence-corrected chi connectivity index (χ0v) is 9.10. The highest BCUT2D eigenvalue weighted by Gasteiger charge is 2.06. The summed E-state index contributed by atoms with van der Waals surface area (Å²) in [5, 5.41) is 0. The maximum atomic E-state index is 4.20. The molecule has 2 unspecified atom stereocenters. The SMILES string of the molecule is [CH2]C(CCCCC)CC(C)CC. The van der Waals surface area contributed by atoms with E-state index < -0.39 is 0 Å². The predicted molar refractivity (Wildman–Crippen MR) is 57.1 cm³/mol. The molecule has 0 saturated carbocycles. The Bertz CT molecular complexity index is 86.0. The first kappa shape index (κ1) is 12.0. The van der Waals surface area contributed by atoms with Gasteiger partial charge in [0.2, 0.25) is 0 Å². The summed E-state index contributed by atoms with van der Waals surface area (Å²) in [6, 6.07) is 0. The van der Waals surface area contributed by atoms with E-state index in [1.807, 2.05) is 0 Å². The van der Waals surface area contributed by atoms with Gasteiger partial charge in [-0.05, 0) is 18.3 Å². The van der Waals surface area contributed by atoms with E-state index in [1.54, 1.807) is 0 Å². The molecule has 1 radical (unpaired) electrons. The summed E-state index contributed by atoms with van der Waals surface area (Å²) >= 11 is 0. The fourth-order valence-corrected chi connectivity index (χ4v) is 1.54. The normalized spacial score (nSPS) is 16.0. The molecule has 0 spiro atoms. The monoisotopic (exact) mass is 169 g/mol. The van der Waals surface area contributed by atoms with Gasteiger partial charge < -0.3 is 0 Å². The van der Waals surface area contributed by atoms with Crippen LogP contribution in [0, 0.1) is 18.8 Å². The maximum Gasteiger partial charge on any atom is -0.0412 e. The van der Waals surface area contributed by atoms with E-state index in [1.165, 1.54) is 38.5 Å². The highest BCUT2D eigenvalue weighted by atomic mass is 14.1. The Hall–Kier alpha value is 0. The summed E-state index contributed by atoms with van der Waals surface area (Å²) in [6.45, 7) is 11.1. The molecule has 0 aromatic rings. The van der Waals surface area contributed by atoms with Gasteiger partial charge in [-0.2, -0.15) is 0 Å². The molecule has 0 heterocycles. The fraction of sp³-hybridized carbons (Fsp3) is 0.917. The molecule has 0 bridgehead atoms. The largest absolute Gasteiger partial charge is 0.0654 e. The second-order valence-corrected chi connectivity index (χ2v) is 4.11. The Kier molecular flexibility index (Phi) is 7.64. The summed E-state index contributed by atoms with van der Waals surface area (Å²) in [5.41, 5.74) is 0. The molecule has 0 aromatic heterocycles. The average molecular weight is 169 g/mol. The van der Waals surface area contributed by atoms with Gasteiger partial charge in [-0.1, -0.05) is 59.8 Å². The van der Waals surface area contributed by atoms with E-state index >= 15 is 0 Å². The first-order valence-corrected chi connectivity index (χ1v) is 5.53. The Morgan fingerprint density at radius 1 is 1.17 bits per heavy atom. The lowest BCUT2D eigenvalue weighted by molar-refractivity contribution is 0.403. The molecule has 0 heteroatoms. The molecule has 0 aromatic carbocycles. The smallest absolute Gasteiger partial charge is 0.0412 e. The average Bonchev–Trinajstić information content (AvgIpc) is 2.05. The summed E-state index contributed by atoms with van der Waals surface area (Å²) in [6.07, 6.45) is 8.04. The first-order valence-electron chi connectivity index (χ1n) is 5.53. The quantitative estimate of drug-likeness (QED) is 0.494. The van der Waals surface area contributed by atoms with Gasteiger partial charge >= 0.3 is 0 Å². The number of unbranched alkanes of at least 4 members (excludes halogenated alkanes) is 2. The second-order valence-electron chi connectivity index (χ2n) is 4.11. The molecular weight excluding hydrogens is 144 g/mol. The molecule has 0 saturated heterocycles. The van der Waals surface area contributed by atoms with Crippen molar-refractivity contribution in [2.75, 3.05) is 0 Å². The zero-order valence-electron chi connectivity index (χ0n) is 9.10. The molecular formula is C12H25. The van der Waals surface area contributed by atoms with Crippen LogP contribution in [0.25, 0.3) is 0 Å². The molecule has 0 nitrogen and oxygen atoms in total. The van der Waals surface area contributed by atoms with E-state index in [0.29, 0.717) is 5.92 Å². The van der Waals surface area contributed by atoms with Crippen molar-refractivity contribution in [3.63, 3.8) is 0 Å². The summed E-state index contributed by atoms with van der Waals surface area (Å²) < 4.78 is 0. The minimum absolute atomic E-state index is 0.700. The van der Waals surface area contributed by atoms with Crippen LogP contribution in [0.15, 0.2) is 0 Å². The molecule has 2 atom stereocenters. The highest BCUT2D eigenvalue weighted by molar-refractivity contribution is 4.64. The third kappa shape index (κ3) is 6.69. The van der Waals surface area contributed by atoms with Crippen LogP contribution in [0.1, 0.15) is 59.3 Å². The van der Waals surface area contributed by atoms with Crippen LogP contribution in [-0.2, 0) is 0 Å². The fourth-order valence-electron chi connectivity index (χ4n) is 1.54. The van der Waals surface area contributed by atoms with Crippen LogP contribution in [0.2, 0.25) is 0 Å². The molecule has 0 N–H and O–H groups in total. The Balaban J connectivity index is 3.26. The first-order chi connectivity index (χ1) is 5.70. The summed E-state index contributed by atoms with van der Waals surface area (Å²) in [5.74, 6) is 1.57. The molecule has 0 aliphatic heterocycles. The molecule has 12 heavy (non-hydrogen) atoms. The van der Waals surface area contributed by atoms with Crippen molar-refractivity contribution >= 4 is 0 Å². The van der Waals surface area contributed by atoms with Gasteiger partial charge in [-0.15, -0.1) is 0 Å². The van der Waals surface area contributed by atoms with E-state index in [0.717, 1.165) is 5.92 Å². The topological polar surface area (TPSA) is 0 Å². The number of hydrogen-bond donors (Lipinski definition) is 0. The van der Waals surface area contributed by atoms with Gasteiger partial charge in [-0.3, -0.25) is 0 Å². The molecule has 0 amide bonds. The summed E-state index contributed by atoms with van der Waals surface area (Å²) in [4.78, 5) is 0. The van der Waals surface area contributed by atoms with Crippen molar-refractivity contribution in [1.82, 2.24) is 0 Å². The highest BCUT2D eigenvalue weighted by Crippen LogP contribution is 2.19. The lowest BCUT2D eigenvalue weighted by Gasteiger charge is -2.15. The lowest BCUT2D eigenvalue weighted by Crippen LogP contribution is -2.02.